The SMILES string of the molecule is CCc1nc2ccc(C(=O)NCCOCCOCCC(=O)NC(C(=O)NCCS(=O)(=O)O)C(C)(C)SSCCN(C)C(=O)Oc3ccc4c5c([nH]c4c3)S(=O)C[C@@H]3NC(=O)CNC(=O)[C@H]([C@@H](C)CC)NC(=O)CNC(=O)[C@@H](C5)NC(=O)[C@H]([C@@H](C)[C@@H](O)CO)NC(=O)[C@@H]4C[C@@H](O)CN4C(=O)[C@H](CC(N)=O)CC3=O)cc2nc1CC. The van der Waals surface area contributed by atoms with Crippen LogP contribution >= 0.6 is 21.6 Å². The van der Waals surface area contributed by atoms with Crippen LogP contribution in [0.25, 0.3) is 21.9 Å². The summed E-state index contributed by atoms with van der Waals surface area (Å²) in [6.45, 7) is 8.68. The number of nitrogens with zero attached hydrogens (tertiary/aromatic N) is 4. The summed E-state index contributed by atoms with van der Waals surface area (Å²) < 4.78 is 63.6. The largest absolute Gasteiger partial charge is 0.414 e. The van der Waals surface area contributed by atoms with E-state index in [9.17, 15) is 90.6 Å². The molecule has 4 aromatic rings. The minimum absolute atomic E-state index is 0.00137. The van der Waals surface area contributed by atoms with E-state index in [1.165, 1.54) is 47.9 Å². The molecule has 12 atom stereocenters. The van der Waals surface area contributed by atoms with Crippen molar-refractivity contribution in [3.8, 4) is 5.75 Å². The molecule has 113 heavy (non-hydrogen) atoms. The van der Waals surface area contributed by atoms with Gasteiger partial charge in [-0.3, -0.25) is 66.3 Å². The normalized spacial score (nSPS) is 21.7. The van der Waals surface area contributed by atoms with Gasteiger partial charge in [-0.15, -0.1) is 0 Å². The summed E-state index contributed by atoms with van der Waals surface area (Å²) in [5, 5.41) is 54.8. The standard InChI is InChI=1S/C71H101N15O23S4/c1-9-37(4)59-65(98)76-32-57(93)79-51-36-112(103)68-44(31-50(63(96)75-33-58(94)82-59)80-66(99)60(38(5)54(90)35-87)84-64(97)52-29-41(88)34-86(52)69(101)40(27-53(51)89)28-55(72)91)43-14-13-42(30-48(43)81-68)109-70(102)85(8)19-24-110-111-71(6,7)61(67(100)74-18-25-113(104,105)106)83-56(92)16-20-107-22-23-108-21-17-73-62(95)39-12-15-47-49(26-39)78-46(11-3)45(10-2)77-47/h12-15,26,30,37-38,40-41,50-52,54,59-61,81,87-88,90H,9-11,16-25,27-29,31-36H2,1-8H3,(H2,72,91)(H,73,95)(H,74,100)(H,75,96)(H,76,98)(H,79,93)(H,80,99)(H,82,94)(H,83,92)(H,84,97)(H,104,105,106)/t37-,38-,40-,41+,50+,51-,52-,54-,59-,60-,61?,112?/m0/s1. The van der Waals surface area contributed by atoms with Crippen molar-refractivity contribution in [3.63, 3.8) is 0 Å². The van der Waals surface area contributed by atoms with Gasteiger partial charge < -0.3 is 97.9 Å². The van der Waals surface area contributed by atoms with Crippen LogP contribution in [0.2, 0.25) is 0 Å². The fraction of sp³-hybridized carbons (Fsp3) is 0.592. The number of H-pyrrole nitrogens is 1. The molecule has 2 bridgehead atoms. The number of fused-ring (bicyclic) bond motifs is 6. The minimum atomic E-state index is -4.49. The number of aromatic nitrogens is 3. The Hall–Kier alpha value is -9.01. The highest BCUT2D eigenvalue weighted by molar-refractivity contribution is 8.77. The molecule has 2 aromatic carbocycles. The van der Waals surface area contributed by atoms with Crippen molar-refractivity contribution in [1.82, 2.24) is 72.6 Å². The Balaban J connectivity index is 1.07. The number of carbonyl (C=O) groups is 13. The molecule has 0 saturated carbocycles. The van der Waals surface area contributed by atoms with Crippen LogP contribution < -0.4 is 58.3 Å². The van der Waals surface area contributed by atoms with Crippen molar-refractivity contribution in [3.05, 3.63) is 58.9 Å². The summed E-state index contributed by atoms with van der Waals surface area (Å²) in [5.41, 5.74) is 9.17. The number of aromatic amines is 1. The number of benzene rings is 2. The van der Waals surface area contributed by atoms with Gasteiger partial charge in [0.15, 0.2) is 5.78 Å². The van der Waals surface area contributed by atoms with Crippen molar-refractivity contribution >= 4 is 141 Å². The van der Waals surface area contributed by atoms with Crippen molar-refractivity contribution in [2.24, 2.45) is 23.5 Å². The molecular formula is C71H101N15O23S4. The third-order valence-corrected chi connectivity index (χ3v) is 24.6. The van der Waals surface area contributed by atoms with Crippen molar-refractivity contribution in [2.75, 3.05) is 96.6 Å². The molecule has 0 aliphatic carbocycles. The molecule has 2 aromatic heterocycles. The Bertz CT molecular complexity index is 4300. The lowest BCUT2D eigenvalue weighted by Crippen LogP contribution is -2.61. The summed E-state index contributed by atoms with van der Waals surface area (Å²) in [5.74, 6) is -16.3. The second-order valence-corrected chi connectivity index (χ2v) is 34.1. The van der Waals surface area contributed by atoms with Crippen LogP contribution in [-0.2, 0) is 102 Å². The number of nitrogens with one attached hydrogen (secondary N) is 10. The van der Waals surface area contributed by atoms with Crippen molar-refractivity contribution in [2.45, 2.75) is 158 Å². The van der Waals surface area contributed by atoms with E-state index in [1.807, 2.05) is 13.8 Å². The second kappa shape index (κ2) is 42.4. The van der Waals surface area contributed by atoms with Gasteiger partial charge in [-0.25, -0.2) is 14.8 Å². The number of ketones is 1. The maximum absolute atomic E-state index is 15.3. The van der Waals surface area contributed by atoms with Crippen LogP contribution in [0, 0.1) is 17.8 Å². The molecule has 1 saturated heterocycles. The number of carbonyl (C=O) groups excluding carboxylic acids is 13. The zero-order chi connectivity index (χ0) is 83.2. The van der Waals surface area contributed by atoms with Gasteiger partial charge in [-0.1, -0.05) is 62.6 Å². The summed E-state index contributed by atoms with van der Waals surface area (Å²) in [7, 11) is -3.28. The number of amides is 12. The van der Waals surface area contributed by atoms with E-state index in [0.29, 0.717) is 29.4 Å². The maximum Gasteiger partial charge on any atom is 0.414 e. The number of aliphatic hydroxyl groups excluding tert-OH is 3. The lowest BCUT2D eigenvalue weighted by Gasteiger charge is -2.33. The fourth-order valence-electron chi connectivity index (χ4n) is 12.6. The number of hydrogen-bond acceptors (Lipinski definition) is 26. The summed E-state index contributed by atoms with van der Waals surface area (Å²) in [6.07, 6.45) is -5.33. The Kier molecular flexibility index (Phi) is 34.2. The molecule has 0 radical (unpaired) electrons. The Morgan fingerprint density at radius 1 is 0.814 bits per heavy atom. The third kappa shape index (κ3) is 26.3. The van der Waals surface area contributed by atoms with Gasteiger partial charge in [-0.2, -0.15) is 8.42 Å². The number of hydrogen-bond donors (Lipinski definition) is 15. The molecule has 3 aliphatic heterocycles. The molecule has 12 amide bonds. The average molecular weight is 1660 g/mol. The van der Waals surface area contributed by atoms with E-state index < -0.39 is 233 Å². The highest BCUT2D eigenvalue weighted by Gasteiger charge is 2.46. The predicted octanol–water partition coefficient (Wildman–Crippen LogP) is -2.53. The number of primary amides is 1. The third-order valence-electron chi connectivity index (χ3n) is 19.2. The first-order valence-electron chi connectivity index (χ1n) is 36.8. The molecule has 2 unspecified atom stereocenters. The lowest BCUT2D eigenvalue weighted by atomic mass is 9.93. The Morgan fingerprint density at radius 3 is 2.15 bits per heavy atom. The molecule has 622 valence electrons. The van der Waals surface area contributed by atoms with Crippen LogP contribution in [0.3, 0.4) is 0 Å². The minimum Gasteiger partial charge on any atom is -0.410 e. The van der Waals surface area contributed by atoms with Crippen LogP contribution in [0.15, 0.2) is 41.4 Å². The van der Waals surface area contributed by atoms with Crippen LogP contribution in [0.5, 0.6) is 5.75 Å². The lowest BCUT2D eigenvalue weighted by molar-refractivity contribution is -0.145. The van der Waals surface area contributed by atoms with E-state index in [4.69, 9.17) is 19.9 Å². The van der Waals surface area contributed by atoms with Crippen LogP contribution in [-0.4, -0.2) is 284 Å². The quantitative estimate of drug-likeness (QED) is 0.0140. The first kappa shape index (κ1) is 91.2. The van der Waals surface area contributed by atoms with E-state index in [-0.39, 0.29) is 84.8 Å². The van der Waals surface area contributed by atoms with E-state index in [0.717, 1.165) is 33.5 Å². The predicted molar refractivity (Wildman–Crippen MR) is 413 cm³/mol. The van der Waals surface area contributed by atoms with Crippen LogP contribution in [0.4, 0.5) is 4.79 Å². The number of rotatable bonds is 31. The monoisotopic (exact) mass is 1660 g/mol. The van der Waals surface area contributed by atoms with Gasteiger partial charge in [0.2, 0.25) is 59.1 Å². The number of aryl methyl sites for hydroxylation is 2. The molecule has 0 spiro atoms. The van der Waals surface area contributed by atoms with Crippen molar-refractivity contribution in [1.29, 1.82) is 0 Å². The fourth-order valence-corrected chi connectivity index (χ4v) is 17.0. The topological polar surface area (TPSA) is 564 Å². The van der Waals surface area contributed by atoms with E-state index in [1.54, 1.807) is 45.9 Å². The summed E-state index contributed by atoms with van der Waals surface area (Å²) in [4.78, 5) is 196. The van der Waals surface area contributed by atoms with Gasteiger partial charge in [0.25, 0.3) is 16.0 Å². The molecular weight excluding hydrogens is 1560 g/mol. The highest BCUT2D eigenvalue weighted by atomic mass is 33.1. The summed E-state index contributed by atoms with van der Waals surface area (Å²) >= 11 is 0. The molecule has 16 N–H and O–H groups in total. The van der Waals surface area contributed by atoms with Gasteiger partial charge in [0.1, 0.15) is 41.0 Å². The van der Waals surface area contributed by atoms with Crippen molar-refractivity contribution < 1.29 is 109 Å². The van der Waals surface area contributed by atoms with Crippen LogP contribution in [0.1, 0.15) is 108 Å². The molecule has 7 rings (SSSR count). The zero-order valence-electron chi connectivity index (χ0n) is 63.9. The maximum atomic E-state index is 15.3. The average Bonchev–Trinajstić information content (AvgIpc) is 1.66. The number of Topliss-reactive ketones (excluding diaryl/α,β-unsaturated/α-hetero) is 1. The molecule has 3 aliphatic rings. The first-order chi connectivity index (χ1) is 53.5. The molecule has 5 heterocycles. The number of ether oxygens (including phenoxy) is 3. The smallest absolute Gasteiger partial charge is 0.410 e. The van der Waals surface area contributed by atoms with E-state index in [2.05, 4.69) is 62.8 Å². The highest BCUT2D eigenvalue weighted by Crippen LogP contribution is 2.39. The first-order valence-corrected chi connectivity index (χ1v) is 42.1. The van der Waals surface area contributed by atoms with Gasteiger partial charge in [0.05, 0.1) is 121 Å². The van der Waals surface area contributed by atoms with Gasteiger partial charge in [-0.05, 0) is 68.5 Å². The van der Waals surface area contributed by atoms with E-state index >= 15 is 4.21 Å². The Morgan fingerprint density at radius 2 is 1.49 bits per heavy atom. The molecule has 38 nitrogen and oxygen atoms in total. The second-order valence-electron chi connectivity index (χ2n) is 28.1. The van der Waals surface area contributed by atoms with Gasteiger partial charge in [0, 0.05) is 98.8 Å². The summed E-state index contributed by atoms with van der Waals surface area (Å²) in [6, 6.07) is -0.626. The molecule has 42 heteroatoms. The molecule has 1 fully saturated rings. The van der Waals surface area contributed by atoms with Gasteiger partial charge >= 0.3 is 6.09 Å². The number of nitrogens with two attached hydrogens (primary N) is 1. The zero-order valence-corrected chi connectivity index (χ0v) is 67.2. The number of aliphatic hydroxyl groups is 3. The Labute approximate surface area is 662 Å².